The average molecular weight is 388 g/mol. The van der Waals surface area contributed by atoms with E-state index in [4.69, 9.17) is 9.47 Å². The molecule has 0 saturated carbocycles. The molecule has 2 N–H and O–H groups in total. The topological polar surface area (TPSA) is 102 Å². The van der Waals surface area contributed by atoms with E-state index < -0.39 is 10.9 Å². The van der Waals surface area contributed by atoms with Crippen LogP contribution in [0.25, 0.3) is 10.9 Å². The van der Waals surface area contributed by atoms with E-state index in [1.54, 1.807) is 26.4 Å². The lowest BCUT2D eigenvalue weighted by Crippen LogP contribution is -2.07. The molecule has 27 heavy (non-hydrogen) atoms. The van der Waals surface area contributed by atoms with E-state index in [9.17, 15) is 8.42 Å². The normalized spacial score (nSPS) is 10.8. The molecular formula is C18H20N4O4S. The zero-order valence-electron chi connectivity index (χ0n) is 14.9. The summed E-state index contributed by atoms with van der Waals surface area (Å²) < 4.78 is 34.3. The van der Waals surface area contributed by atoms with E-state index in [2.05, 4.69) is 20.0 Å². The van der Waals surface area contributed by atoms with Crippen LogP contribution >= 0.6 is 0 Å². The van der Waals surface area contributed by atoms with Gasteiger partial charge in [-0.05, 0) is 30.2 Å². The van der Waals surface area contributed by atoms with Crippen LogP contribution in [0.5, 0.6) is 11.5 Å². The quantitative estimate of drug-likeness (QED) is 0.509. The fourth-order valence-electron chi connectivity index (χ4n) is 2.70. The van der Waals surface area contributed by atoms with Crippen molar-refractivity contribution in [1.29, 1.82) is 0 Å². The Labute approximate surface area is 158 Å². The molecule has 9 heteroatoms. The Morgan fingerprint density at radius 1 is 1.00 bits per heavy atom. The molecule has 0 spiro atoms. The molecule has 0 aliphatic carbocycles. The average Bonchev–Trinajstić information content (AvgIpc) is 2.68. The fourth-order valence-corrected chi connectivity index (χ4v) is 3.06. The van der Waals surface area contributed by atoms with Gasteiger partial charge in [0.2, 0.25) is 10.9 Å². The smallest absolute Gasteiger partial charge is 0.222 e. The minimum Gasteiger partial charge on any atom is -0.493 e. The number of rotatable bonds is 8. The zero-order valence-corrected chi connectivity index (χ0v) is 15.8. The molecule has 0 atom stereocenters. The molecule has 3 aromatic rings. The molecule has 0 fully saturated rings. The molecule has 2 aromatic carbocycles. The summed E-state index contributed by atoms with van der Waals surface area (Å²) in [6.45, 7) is 0.656. The second-order valence-electron chi connectivity index (χ2n) is 5.69. The molecule has 0 saturated heterocycles. The Balaban J connectivity index is 1.71. The molecule has 1 aromatic heterocycles. The van der Waals surface area contributed by atoms with Gasteiger partial charge in [-0.3, -0.25) is 4.72 Å². The summed E-state index contributed by atoms with van der Waals surface area (Å²) in [5, 5.41) is 4.15. The van der Waals surface area contributed by atoms with Gasteiger partial charge in [0.25, 0.3) is 0 Å². The van der Waals surface area contributed by atoms with Crippen molar-refractivity contribution in [1.82, 2.24) is 9.97 Å². The first kappa shape index (κ1) is 18.7. The number of benzene rings is 2. The van der Waals surface area contributed by atoms with Gasteiger partial charge in [0.1, 0.15) is 12.1 Å². The van der Waals surface area contributed by atoms with Crippen LogP contribution in [0, 0.1) is 0 Å². The monoisotopic (exact) mass is 388 g/mol. The second-order valence-corrected chi connectivity index (χ2v) is 6.43. The van der Waals surface area contributed by atoms with Crippen LogP contribution in [0.4, 0.5) is 11.5 Å². The van der Waals surface area contributed by atoms with Crippen LogP contribution in [-0.4, -0.2) is 39.2 Å². The molecule has 142 valence electrons. The number of hydrogen-bond donors (Lipinski definition) is 3. The standard InChI is InChI=1S/C18H20N4O4S/c1-25-16-9-14-15(10-17(16)26-2)20-11-21-18(14)19-8-7-12-3-5-13(6-4-12)22-27(23)24/h3-6,9-11,27H,7-8H2,1-2H3,(H,19,20,21)(H,22,23,24). The van der Waals surface area contributed by atoms with Gasteiger partial charge in [0, 0.05) is 23.7 Å². The van der Waals surface area contributed by atoms with Gasteiger partial charge in [-0.25, -0.2) is 18.4 Å². The van der Waals surface area contributed by atoms with E-state index in [0.29, 0.717) is 29.5 Å². The van der Waals surface area contributed by atoms with Gasteiger partial charge in [0.15, 0.2) is 11.5 Å². The number of aromatic nitrogens is 2. The first-order valence-corrected chi connectivity index (χ1v) is 9.39. The van der Waals surface area contributed by atoms with Crippen molar-refractivity contribution in [3.63, 3.8) is 0 Å². The SMILES string of the molecule is COc1cc2ncnc(NCCc3ccc(N[SH](=O)=O)cc3)c2cc1OC. The number of thiol groups is 1. The largest absolute Gasteiger partial charge is 0.493 e. The predicted molar refractivity (Wildman–Crippen MR) is 105 cm³/mol. The Bertz CT molecular complexity index is 998. The minimum absolute atomic E-state index is 0.547. The van der Waals surface area contributed by atoms with Crippen molar-refractivity contribution < 1.29 is 17.9 Å². The number of nitrogens with one attached hydrogen (secondary N) is 2. The lowest BCUT2D eigenvalue weighted by atomic mass is 10.1. The third-order valence-electron chi connectivity index (χ3n) is 4.02. The zero-order chi connectivity index (χ0) is 19.2. The van der Waals surface area contributed by atoms with Gasteiger partial charge in [-0.1, -0.05) is 12.1 Å². The number of fused-ring (bicyclic) bond motifs is 1. The summed E-state index contributed by atoms with van der Waals surface area (Å²) in [5.41, 5.74) is 2.38. The van der Waals surface area contributed by atoms with Gasteiger partial charge in [-0.15, -0.1) is 0 Å². The lowest BCUT2D eigenvalue weighted by Gasteiger charge is -2.12. The van der Waals surface area contributed by atoms with Gasteiger partial charge < -0.3 is 14.8 Å². The van der Waals surface area contributed by atoms with Crippen LogP contribution in [0.2, 0.25) is 0 Å². The number of ether oxygens (including phenoxy) is 2. The minimum atomic E-state index is -2.65. The summed E-state index contributed by atoms with van der Waals surface area (Å²) in [4.78, 5) is 8.60. The highest BCUT2D eigenvalue weighted by atomic mass is 32.2. The Hall–Kier alpha value is -3.07. The molecule has 3 rings (SSSR count). The van der Waals surface area contributed by atoms with E-state index in [1.807, 2.05) is 24.3 Å². The van der Waals surface area contributed by atoms with Crippen molar-refractivity contribution in [3.05, 3.63) is 48.3 Å². The molecule has 0 amide bonds. The molecule has 0 bridgehead atoms. The molecular weight excluding hydrogens is 368 g/mol. The van der Waals surface area contributed by atoms with Crippen molar-refractivity contribution in [2.75, 3.05) is 30.8 Å². The Morgan fingerprint density at radius 2 is 1.70 bits per heavy atom. The lowest BCUT2D eigenvalue weighted by molar-refractivity contribution is 0.356. The van der Waals surface area contributed by atoms with E-state index in [1.165, 1.54) is 6.33 Å². The maximum atomic E-state index is 10.7. The number of nitrogens with zero attached hydrogens (tertiary/aromatic N) is 2. The maximum absolute atomic E-state index is 10.7. The van der Waals surface area contributed by atoms with Crippen LogP contribution in [0.1, 0.15) is 5.56 Å². The Morgan fingerprint density at radius 3 is 2.37 bits per heavy atom. The van der Waals surface area contributed by atoms with Crippen molar-refractivity contribution in [2.24, 2.45) is 0 Å². The number of methoxy groups -OCH3 is 2. The number of anilines is 2. The second kappa shape index (κ2) is 8.54. The van der Waals surface area contributed by atoms with E-state index in [0.717, 1.165) is 22.9 Å². The van der Waals surface area contributed by atoms with Crippen LogP contribution in [0.15, 0.2) is 42.7 Å². The third-order valence-corrected chi connectivity index (χ3v) is 4.46. The highest BCUT2D eigenvalue weighted by molar-refractivity contribution is 7.73. The fraction of sp³-hybridized carbons (Fsp3) is 0.222. The number of hydrogen-bond acceptors (Lipinski definition) is 7. The highest BCUT2D eigenvalue weighted by Gasteiger charge is 2.10. The van der Waals surface area contributed by atoms with Crippen molar-refractivity contribution >= 4 is 33.3 Å². The van der Waals surface area contributed by atoms with Crippen LogP contribution in [0.3, 0.4) is 0 Å². The van der Waals surface area contributed by atoms with Crippen molar-refractivity contribution in [3.8, 4) is 11.5 Å². The van der Waals surface area contributed by atoms with Crippen LogP contribution < -0.4 is 19.5 Å². The van der Waals surface area contributed by atoms with Crippen LogP contribution in [-0.2, 0) is 17.3 Å². The third kappa shape index (κ3) is 4.56. The van der Waals surface area contributed by atoms with E-state index >= 15 is 0 Å². The maximum Gasteiger partial charge on any atom is 0.222 e. The summed E-state index contributed by atoms with van der Waals surface area (Å²) in [6.07, 6.45) is 2.25. The molecule has 1 heterocycles. The van der Waals surface area contributed by atoms with Gasteiger partial charge in [0.05, 0.1) is 19.7 Å². The van der Waals surface area contributed by atoms with E-state index in [-0.39, 0.29) is 0 Å². The van der Waals surface area contributed by atoms with Gasteiger partial charge in [-0.2, -0.15) is 0 Å². The molecule has 8 nitrogen and oxygen atoms in total. The summed E-state index contributed by atoms with van der Waals surface area (Å²) in [6, 6.07) is 10.9. The molecule has 0 radical (unpaired) electrons. The first-order chi connectivity index (χ1) is 13.1. The molecule has 0 unspecified atom stereocenters. The summed E-state index contributed by atoms with van der Waals surface area (Å²) in [5.74, 6) is 1.94. The summed E-state index contributed by atoms with van der Waals surface area (Å²) in [7, 11) is 0.521. The summed E-state index contributed by atoms with van der Waals surface area (Å²) >= 11 is 0. The molecule has 0 aliphatic heterocycles. The molecule has 0 aliphatic rings. The Kier molecular flexibility index (Phi) is 5.92. The predicted octanol–water partition coefficient (Wildman–Crippen LogP) is 2.24. The highest BCUT2D eigenvalue weighted by Crippen LogP contribution is 2.33. The first-order valence-electron chi connectivity index (χ1n) is 8.21. The van der Waals surface area contributed by atoms with Gasteiger partial charge >= 0.3 is 0 Å². The van der Waals surface area contributed by atoms with Crippen molar-refractivity contribution in [2.45, 2.75) is 6.42 Å².